The lowest BCUT2D eigenvalue weighted by Gasteiger charge is -2.42. The zero-order chi connectivity index (χ0) is 14.9. The van der Waals surface area contributed by atoms with Gasteiger partial charge in [0.1, 0.15) is 0 Å². The Morgan fingerprint density at radius 1 is 1.05 bits per heavy atom. The Morgan fingerprint density at radius 3 is 2.25 bits per heavy atom. The van der Waals surface area contributed by atoms with E-state index in [2.05, 4.69) is 6.92 Å². The first-order valence-electron chi connectivity index (χ1n) is 7.35. The smallest absolute Gasteiger partial charge is 0.160 e. The third-order valence-corrected chi connectivity index (χ3v) is 4.28. The van der Waals surface area contributed by atoms with Crippen molar-refractivity contribution in [1.29, 1.82) is 0 Å². The summed E-state index contributed by atoms with van der Waals surface area (Å²) in [5, 5.41) is 9.79. The Kier molecular flexibility index (Phi) is 5.39. The van der Waals surface area contributed by atoms with Crippen LogP contribution in [0.1, 0.15) is 33.6 Å². The Labute approximate surface area is 120 Å². The Bertz CT molecular complexity index is 292. The van der Waals surface area contributed by atoms with Crippen LogP contribution in [0.3, 0.4) is 0 Å². The SMILES string of the molecule is COC1CC(C)C(OC2CC(N)C(O)C(C)O2)C(C)O1. The third-order valence-electron chi connectivity index (χ3n) is 4.28. The van der Waals surface area contributed by atoms with Gasteiger partial charge >= 0.3 is 0 Å². The first-order valence-corrected chi connectivity index (χ1v) is 7.35. The lowest BCUT2D eigenvalue weighted by Crippen LogP contribution is -2.54. The van der Waals surface area contributed by atoms with E-state index in [1.54, 1.807) is 7.11 Å². The van der Waals surface area contributed by atoms with Crippen LogP contribution in [-0.2, 0) is 18.9 Å². The van der Waals surface area contributed by atoms with Crippen LogP contribution in [0.4, 0.5) is 0 Å². The summed E-state index contributed by atoms with van der Waals surface area (Å²) in [6, 6.07) is -0.314. The number of rotatable bonds is 3. The molecule has 0 aromatic rings. The summed E-state index contributed by atoms with van der Waals surface area (Å²) in [7, 11) is 1.65. The van der Waals surface area contributed by atoms with Gasteiger partial charge in [-0.2, -0.15) is 0 Å². The molecule has 6 nitrogen and oxygen atoms in total. The molecule has 2 aliphatic heterocycles. The van der Waals surface area contributed by atoms with Gasteiger partial charge in [-0.15, -0.1) is 0 Å². The topological polar surface area (TPSA) is 83.2 Å². The average Bonchev–Trinajstić information content (AvgIpc) is 2.39. The molecule has 0 spiro atoms. The molecule has 3 N–H and O–H groups in total. The van der Waals surface area contributed by atoms with Crippen LogP contribution in [0.5, 0.6) is 0 Å². The number of hydrogen-bond acceptors (Lipinski definition) is 6. The predicted octanol–water partition coefficient (Wildman–Crippen LogP) is 0.612. The molecule has 0 radical (unpaired) electrons. The molecule has 2 aliphatic rings. The van der Waals surface area contributed by atoms with Crippen LogP contribution in [0.15, 0.2) is 0 Å². The van der Waals surface area contributed by atoms with Crippen LogP contribution in [0.2, 0.25) is 0 Å². The lowest BCUT2D eigenvalue weighted by atomic mass is 9.93. The second kappa shape index (κ2) is 6.68. The van der Waals surface area contributed by atoms with Gasteiger partial charge in [-0.05, 0) is 19.8 Å². The molecule has 0 amide bonds. The van der Waals surface area contributed by atoms with Crippen molar-refractivity contribution in [3.05, 3.63) is 0 Å². The maximum absolute atomic E-state index is 9.79. The molecule has 0 aliphatic carbocycles. The maximum Gasteiger partial charge on any atom is 0.160 e. The second-order valence-corrected chi connectivity index (χ2v) is 5.98. The summed E-state index contributed by atoms with van der Waals surface area (Å²) in [6.45, 7) is 5.91. The van der Waals surface area contributed by atoms with E-state index < -0.39 is 6.10 Å². The zero-order valence-corrected chi connectivity index (χ0v) is 12.7. The second-order valence-electron chi connectivity index (χ2n) is 5.98. The van der Waals surface area contributed by atoms with Crippen LogP contribution in [0.25, 0.3) is 0 Å². The fourth-order valence-electron chi connectivity index (χ4n) is 3.02. The van der Waals surface area contributed by atoms with Gasteiger partial charge in [0.2, 0.25) is 0 Å². The number of aliphatic hydroxyl groups excluding tert-OH is 1. The van der Waals surface area contributed by atoms with Crippen molar-refractivity contribution < 1.29 is 24.1 Å². The van der Waals surface area contributed by atoms with Crippen LogP contribution < -0.4 is 5.73 Å². The quantitative estimate of drug-likeness (QED) is 0.792. The summed E-state index contributed by atoms with van der Waals surface area (Å²) in [5.41, 5.74) is 5.92. The maximum atomic E-state index is 9.79. The minimum Gasteiger partial charge on any atom is -0.389 e. The molecule has 2 saturated heterocycles. The van der Waals surface area contributed by atoms with Gasteiger partial charge in [-0.3, -0.25) is 0 Å². The fourth-order valence-corrected chi connectivity index (χ4v) is 3.02. The molecule has 0 bridgehead atoms. The van der Waals surface area contributed by atoms with Crippen molar-refractivity contribution >= 4 is 0 Å². The Hall–Kier alpha value is -0.240. The molecule has 8 atom stereocenters. The minimum absolute atomic E-state index is 0.0546. The molecular weight excluding hydrogens is 262 g/mol. The molecule has 20 heavy (non-hydrogen) atoms. The highest BCUT2D eigenvalue weighted by Gasteiger charge is 2.40. The van der Waals surface area contributed by atoms with E-state index in [4.69, 9.17) is 24.7 Å². The molecule has 2 heterocycles. The van der Waals surface area contributed by atoms with Gasteiger partial charge in [0.25, 0.3) is 0 Å². The van der Waals surface area contributed by atoms with E-state index in [9.17, 15) is 5.11 Å². The van der Waals surface area contributed by atoms with Crippen molar-refractivity contribution in [1.82, 2.24) is 0 Å². The predicted molar refractivity (Wildman–Crippen MR) is 72.9 cm³/mol. The molecule has 0 aromatic carbocycles. The molecule has 8 unspecified atom stereocenters. The first-order chi connectivity index (χ1) is 9.42. The van der Waals surface area contributed by atoms with Crippen LogP contribution in [-0.4, -0.2) is 55.3 Å². The van der Waals surface area contributed by atoms with E-state index in [1.807, 2.05) is 13.8 Å². The summed E-state index contributed by atoms with van der Waals surface area (Å²) in [4.78, 5) is 0. The van der Waals surface area contributed by atoms with Gasteiger partial charge in [0.05, 0.1) is 24.4 Å². The zero-order valence-electron chi connectivity index (χ0n) is 12.7. The lowest BCUT2D eigenvalue weighted by molar-refractivity contribution is -0.291. The van der Waals surface area contributed by atoms with Crippen LogP contribution >= 0.6 is 0 Å². The van der Waals surface area contributed by atoms with Gasteiger partial charge in [0, 0.05) is 26.0 Å². The van der Waals surface area contributed by atoms with Crippen molar-refractivity contribution in [2.75, 3.05) is 7.11 Å². The average molecular weight is 289 g/mol. The molecule has 2 rings (SSSR count). The highest BCUT2D eigenvalue weighted by molar-refractivity contribution is 4.85. The van der Waals surface area contributed by atoms with Crippen molar-refractivity contribution in [3.8, 4) is 0 Å². The van der Waals surface area contributed by atoms with Gasteiger partial charge in [-0.1, -0.05) is 6.92 Å². The summed E-state index contributed by atoms with van der Waals surface area (Å²) >= 11 is 0. The molecule has 0 aromatic heterocycles. The summed E-state index contributed by atoms with van der Waals surface area (Å²) in [5.74, 6) is 0.311. The minimum atomic E-state index is -0.634. The van der Waals surface area contributed by atoms with E-state index in [0.29, 0.717) is 12.3 Å². The highest BCUT2D eigenvalue weighted by atomic mass is 16.7. The number of ether oxygens (including phenoxy) is 4. The Morgan fingerprint density at radius 2 is 1.70 bits per heavy atom. The van der Waals surface area contributed by atoms with Crippen molar-refractivity contribution in [2.24, 2.45) is 11.7 Å². The normalized spacial score (nSPS) is 50.1. The van der Waals surface area contributed by atoms with E-state index in [-0.39, 0.29) is 36.9 Å². The summed E-state index contributed by atoms with van der Waals surface area (Å²) < 4.78 is 22.7. The van der Waals surface area contributed by atoms with Crippen LogP contribution in [0, 0.1) is 5.92 Å². The number of nitrogens with two attached hydrogens (primary N) is 1. The largest absolute Gasteiger partial charge is 0.389 e. The number of aliphatic hydroxyl groups is 1. The molecule has 2 fully saturated rings. The highest BCUT2D eigenvalue weighted by Crippen LogP contribution is 2.31. The molecule has 0 saturated carbocycles. The van der Waals surface area contributed by atoms with E-state index in [1.165, 1.54) is 0 Å². The van der Waals surface area contributed by atoms with Gasteiger partial charge in [-0.25, -0.2) is 0 Å². The fraction of sp³-hybridized carbons (Fsp3) is 1.00. The van der Waals surface area contributed by atoms with E-state index >= 15 is 0 Å². The number of methoxy groups -OCH3 is 1. The van der Waals surface area contributed by atoms with Gasteiger partial charge in [0.15, 0.2) is 12.6 Å². The first kappa shape index (κ1) is 16.1. The Balaban J connectivity index is 1.92. The van der Waals surface area contributed by atoms with Crippen molar-refractivity contribution in [3.63, 3.8) is 0 Å². The molecule has 118 valence electrons. The standard InChI is InChI=1S/C14H27NO5/c1-7-5-11(17-4)19-9(3)14(7)20-12-6-10(15)13(16)8(2)18-12/h7-14,16H,5-6,15H2,1-4H3. The summed E-state index contributed by atoms with van der Waals surface area (Å²) in [6.07, 6.45) is -0.337. The third kappa shape index (κ3) is 3.50. The monoisotopic (exact) mass is 289 g/mol. The van der Waals surface area contributed by atoms with Gasteiger partial charge < -0.3 is 29.8 Å². The molecular formula is C14H27NO5. The number of hydrogen-bond donors (Lipinski definition) is 2. The molecule has 6 heteroatoms. The van der Waals surface area contributed by atoms with E-state index in [0.717, 1.165) is 6.42 Å². The van der Waals surface area contributed by atoms with Crippen molar-refractivity contribution in [2.45, 2.75) is 76.7 Å².